The van der Waals surface area contributed by atoms with E-state index in [1.54, 1.807) is 0 Å². The minimum Gasteiger partial charge on any atom is -0.317 e. The lowest BCUT2D eigenvalue weighted by Crippen LogP contribution is -2.36. The smallest absolute Gasteiger partial charge is 0.0406 e. The first-order valence-electron chi connectivity index (χ1n) is 7.45. The van der Waals surface area contributed by atoms with Gasteiger partial charge in [-0.05, 0) is 62.5 Å². The molecule has 0 aliphatic carbocycles. The van der Waals surface area contributed by atoms with Gasteiger partial charge in [0, 0.05) is 18.1 Å². The molecule has 0 aromatic heterocycles. The van der Waals surface area contributed by atoms with Gasteiger partial charge in [0.1, 0.15) is 0 Å². The van der Waals surface area contributed by atoms with Crippen molar-refractivity contribution >= 4 is 11.6 Å². The van der Waals surface area contributed by atoms with Gasteiger partial charge in [-0.2, -0.15) is 0 Å². The minimum absolute atomic E-state index is 0.823. The van der Waals surface area contributed by atoms with Crippen LogP contribution in [0.5, 0.6) is 0 Å². The number of nitrogens with one attached hydrogen (secondary N) is 1. The molecule has 1 heterocycles. The van der Waals surface area contributed by atoms with Gasteiger partial charge in [-0.15, -0.1) is 0 Å². The third-order valence-electron chi connectivity index (χ3n) is 3.83. The van der Waals surface area contributed by atoms with Crippen LogP contribution in [0.4, 0.5) is 0 Å². The Labute approximate surface area is 122 Å². The third kappa shape index (κ3) is 5.13. The zero-order chi connectivity index (χ0) is 13.5. The second-order valence-electron chi connectivity index (χ2n) is 5.55. The number of benzene rings is 1. The molecule has 0 saturated carbocycles. The molecule has 1 aromatic carbocycles. The van der Waals surface area contributed by atoms with Gasteiger partial charge in [-0.3, -0.25) is 4.90 Å². The first-order valence-corrected chi connectivity index (χ1v) is 7.83. The highest BCUT2D eigenvalue weighted by molar-refractivity contribution is 6.30. The molecule has 1 aliphatic rings. The van der Waals surface area contributed by atoms with Crippen LogP contribution in [-0.4, -0.2) is 31.1 Å². The van der Waals surface area contributed by atoms with Crippen molar-refractivity contribution in [2.45, 2.75) is 32.7 Å². The lowest BCUT2D eigenvalue weighted by atomic mass is 9.97. The molecule has 2 nitrogen and oxygen atoms in total. The molecule has 0 atom stereocenters. The summed E-state index contributed by atoms with van der Waals surface area (Å²) in [7, 11) is 0. The Morgan fingerprint density at radius 2 is 1.89 bits per heavy atom. The van der Waals surface area contributed by atoms with Crippen molar-refractivity contribution in [3.05, 3.63) is 34.9 Å². The van der Waals surface area contributed by atoms with E-state index in [4.69, 9.17) is 11.6 Å². The molecule has 1 saturated heterocycles. The standard InChI is InChI=1S/C16H25ClN2/c1-2-11-19(13-15-7-9-18-10-8-15)12-14-3-5-16(17)6-4-14/h3-6,15,18H,2,7-13H2,1H3. The highest BCUT2D eigenvalue weighted by Gasteiger charge is 2.16. The number of hydrogen-bond donors (Lipinski definition) is 1. The molecule has 0 bridgehead atoms. The van der Waals surface area contributed by atoms with Gasteiger partial charge in [-0.1, -0.05) is 30.7 Å². The van der Waals surface area contributed by atoms with Gasteiger partial charge >= 0.3 is 0 Å². The predicted octanol–water partition coefficient (Wildman–Crippen LogP) is 3.55. The van der Waals surface area contributed by atoms with Crippen molar-refractivity contribution in [2.24, 2.45) is 5.92 Å². The lowest BCUT2D eigenvalue weighted by molar-refractivity contribution is 0.199. The summed E-state index contributed by atoms with van der Waals surface area (Å²) in [4.78, 5) is 2.60. The van der Waals surface area contributed by atoms with Gasteiger partial charge in [-0.25, -0.2) is 0 Å². The maximum absolute atomic E-state index is 5.94. The Morgan fingerprint density at radius 1 is 1.21 bits per heavy atom. The van der Waals surface area contributed by atoms with E-state index in [9.17, 15) is 0 Å². The fourth-order valence-corrected chi connectivity index (χ4v) is 2.95. The Hall–Kier alpha value is -0.570. The average Bonchev–Trinajstić information content (AvgIpc) is 2.43. The lowest BCUT2D eigenvalue weighted by Gasteiger charge is -2.30. The average molecular weight is 281 g/mol. The monoisotopic (exact) mass is 280 g/mol. The van der Waals surface area contributed by atoms with E-state index < -0.39 is 0 Å². The van der Waals surface area contributed by atoms with Crippen molar-refractivity contribution in [3.63, 3.8) is 0 Å². The summed E-state index contributed by atoms with van der Waals surface area (Å²) < 4.78 is 0. The topological polar surface area (TPSA) is 15.3 Å². The zero-order valence-corrected chi connectivity index (χ0v) is 12.6. The first kappa shape index (κ1) is 14.8. The summed E-state index contributed by atoms with van der Waals surface area (Å²) >= 11 is 5.94. The molecule has 1 N–H and O–H groups in total. The highest BCUT2D eigenvalue weighted by Crippen LogP contribution is 2.17. The molecule has 0 spiro atoms. The van der Waals surface area contributed by atoms with Gasteiger partial charge in [0.2, 0.25) is 0 Å². The molecule has 1 fully saturated rings. The van der Waals surface area contributed by atoms with Crippen LogP contribution in [0.2, 0.25) is 5.02 Å². The van der Waals surface area contributed by atoms with Crippen LogP contribution in [-0.2, 0) is 6.54 Å². The van der Waals surface area contributed by atoms with E-state index in [-0.39, 0.29) is 0 Å². The summed E-state index contributed by atoms with van der Waals surface area (Å²) in [5.41, 5.74) is 1.37. The SMILES string of the molecule is CCCN(Cc1ccc(Cl)cc1)CC1CCNCC1. The Bertz CT molecular complexity index is 358. The maximum atomic E-state index is 5.94. The second kappa shape index (κ2) is 7.88. The fraction of sp³-hybridized carbons (Fsp3) is 0.625. The quantitative estimate of drug-likeness (QED) is 0.857. The van der Waals surface area contributed by atoms with Crippen molar-refractivity contribution in [1.29, 1.82) is 0 Å². The van der Waals surface area contributed by atoms with E-state index in [0.717, 1.165) is 17.5 Å². The molecule has 2 rings (SSSR count). The summed E-state index contributed by atoms with van der Waals surface area (Å²) in [6.07, 6.45) is 3.86. The van der Waals surface area contributed by atoms with E-state index in [1.165, 1.54) is 51.0 Å². The third-order valence-corrected chi connectivity index (χ3v) is 4.09. The molecule has 3 heteroatoms. The molecular weight excluding hydrogens is 256 g/mol. The van der Waals surface area contributed by atoms with E-state index in [2.05, 4.69) is 29.3 Å². The molecule has 0 radical (unpaired) electrons. The Morgan fingerprint density at radius 3 is 2.53 bits per heavy atom. The summed E-state index contributed by atoms with van der Waals surface area (Å²) in [5.74, 6) is 0.861. The number of nitrogens with zero attached hydrogens (tertiary/aromatic N) is 1. The van der Waals surface area contributed by atoms with Gasteiger partial charge in [0.15, 0.2) is 0 Å². The van der Waals surface area contributed by atoms with Crippen LogP contribution >= 0.6 is 11.6 Å². The molecule has 1 aliphatic heterocycles. The van der Waals surface area contributed by atoms with Gasteiger partial charge in [0.25, 0.3) is 0 Å². The number of rotatable bonds is 6. The van der Waals surface area contributed by atoms with Gasteiger partial charge in [0.05, 0.1) is 0 Å². The molecule has 106 valence electrons. The van der Waals surface area contributed by atoms with Crippen LogP contribution in [0.1, 0.15) is 31.7 Å². The second-order valence-corrected chi connectivity index (χ2v) is 5.99. The predicted molar refractivity (Wildman–Crippen MR) is 82.6 cm³/mol. The first-order chi connectivity index (χ1) is 9.28. The van der Waals surface area contributed by atoms with E-state index >= 15 is 0 Å². The highest BCUT2D eigenvalue weighted by atomic mass is 35.5. The van der Waals surface area contributed by atoms with Crippen LogP contribution in [0, 0.1) is 5.92 Å². The minimum atomic E-state index is 0.823. The fourth-order valence-electron chi connectivity index (χ4n) is 2.83. The van der Waals surface area contributed by atoms with Crippen LogP contribution in [0.15, 0.2) is 24.3 Å². The molecule has 1 aromatic rings. The zero-order valence-electron chi connectivity index (χ0n) is 11.9. The van der Waals surface area contributed by atoms with Gasteiger partial charge < -0.3 is 5.32 Å². The number of halogens is 1. The summed E-state index contributed by atoms with van der Waals surface area (Å²) in [6, 6.07) is 8.28. The molecule has 19 heavy (non-hydrogen) atoms. The van der Waals surface area contributed by atoms with E-state index in [0.29, 0.717) is 0 Å². The number of piperidine rings is 1. The van der Waals surface area contributed by atoms with E-state index in [1.807, 2.05) is 12.1 Å². The van der Waals surface area contributed by atoms with Crippen molar-refractivity contribution in [2.75, 3.05) is 26.2 Å². The molecule has 0 unspecified atom stereocenters. The number of hydrogen-bond acceptors (Lipinski definition) is 2. The van der Waals surface area contributed by atoms with Crippen LogP contribution in [0.25, 0.3) is 0 Å². The van der Waals surface area contributed by atoms with Crippen LogP contribution < -0.4 is 5.32 Å². The molecular formula is C16H25ClN2. The van der Waals surface area contributed by atoms with Crippen molar-refractivity contribution in [3.8, 4) is 0 Å². The van der Waals surface area contributed by atoms with Crippen LogP contribution in [0.3, 0.4) is 0 Å². The maximum Gasteiger partial charge on any atom is 0.0406 e. The Kier molecular flexibility index (Phi) is 6.15. The Balaban J connectivity index is 1.89. The molecule has 0 amide bonds. The van der Waals surface area contributed by atoms with Crippen molar-refractivity contribution < 1.29 is 0 Å². The normalized spacial score (nSPS) is 17.0. The largest absolute Gasteiger partial charge is 0.317 e. The summed E-state index contributed by atoms with van der Waals surface area (Å²) in [6.45, 7) is 8.11. The van der Waals surface area contributed by atoms with Crippen molar-refractivity contribution in [1.82, 2.24) is 10.2 Å². The summed E-state index contributed by atoms with van der Waals surface area (Å²) in [5, 5.41) is 4.27.